The van der Waals surface area contributed by atoms with Gasteiger partial charge in [0.15, 0.2) is 0 Å². The number of aryl methyl sites for hydroxylation is 1. The van der Waals surface area contributed by atoms with Crippen LogP contribution in [0.3, 0.4) is 0 Å². The molecular formula is C20H24FN3O3. The zero-order valence-corrected chi connectivity index (χ0v) is 15.7. The van der Waals surface area contributed by atoms with Gasteiger partial charge in [-0.05, 0) is 36.2 Å². The molecule has 0 bridgehead atoms. The van der Waals surface area contributed by atoms with Gasteiger partial charge < -0.3 is 19.1 Å². The van der Waals surface area contributed by atoms with E-state index in [1.165, 1.54) is 25.3 Å². The molecule has 0 radical (unpaired) electrons. The van der Waals surface area contributed by atoms with Gasteiger partial charge in [-0.25, -0.2) is 4.39 Å². The Labute approximate surface area is 158 Å². The Morgan fingerprint density at radius 1 is 1.11 bits per heavy atom. The van der Waals surface area contributed by atoms with Crippen LogP contribution in [-0.4, -0.2) is 59.5 Å². The van der Waals surface area contributed by atoms with Crippen LogP contribution < -0.4 is 4.74 Å². The molecule has 144 valence electrons. The van der Waals surface area contributed by atoms with Gasteiger partial charge in [0.05, 0.1) is 19.1 Å². The molecule has 0 unspecified atom stereocenters. The smallest absolute Gasteiger partial charge is 0.257 e. The molecule has 0 saturated carbocycles. The molecule has 0 N–H and O–H groups in total. The summed E-state index contributed by atoms with van der Waals surface area (Å²) in [6, 6.07) is 5.85. The lowest BCUT2D eigenvalue weighted by Crippen LogP contribution is -2.38. The molecule has 1 aromatic carbocycles. The Morgan fingerprint density at radius 3 is 2.56 bits per heavy atom. The number of rotatable bonds is 4. The van der Waals surface area contributed by atoms with Crippen molar-refractivity contribution in [3.05, 3.63) is 53.6 Å². The first-order chi connectivity index (χ1) is 13.0. The van der Waals surface area contributed by atoms with E-state index in [1.54, 1.807) is 9.80 Å². The van der Waals surface area contributed by atoms with E-state index in [4.69, 9.17) is 4.74 Å². The summed E-state index contributed by atoms with van der Waals surface area (Å²) in [4.78, 5) is 28.8. The molecule has 3 rings (SSSR count). The molecule has 27 heavy (non-hydrogen) atoms. The van der Waals surface area contributed by atoms with Crippen molar-refractivity contribution in [3.63, 3.8) is 0 Å². The Hall–Kier alpha value is -2.83. The van der Waals surface area contributed by atoms with Crippen LogP contribution in [0.2, 0.25) is 0 Å². The van der Waals surface area contributed by atoms with Gasteiger partial charge in [0, 0.05) is 45.6 Å². The van der Waals surface area contributed by atoms with E-state index in [2.05, 4.69) is 0 Å². The van der Waals surface area contributed by atoms with Crippen LogP contribution in [0, 0.1) is 5.82 Å². The Morgan fingerprint density at radius 2 is 1.85 bits per heavy atom. The van der Waals surface area contributed by atoms with Gasteiger partial charge in [0.2, 0.25) is 5.91 Å². The van der Waals surface area contributed by atoms with Crippen molar-refractivity contribution in [2.45, 2.75) is 12.8 Å². The van der Waals surface area contributed by atoms with Crippen molar-refractivity contribution >= 4 is 11.8 Å². The SMILES string of the molecule is COc1ccc(F)cc1C(=O)N1CCCN(C(=O)Cc2ccn(C)c2)CC1. The molecule has 2 heterocycles. The number of amides is 2. The van der Waals surface area contributed by atoms with Gasteiger partial charge >= 0.3 is 0 Å². The summed E-state index contributed by atoms with van der Waals surface area (Å²) in [6.45, 7) is 2.01. The summed E-state index contributed by atoms with van der Waals surface area (Å²) in [5.74, 6) is -0.348. The minimum atomic E-state index is -0.478. The molecule has 1 aromatic heterocycles. The van der Waals surface area contributed by atoms with Crippen molar-refractivity contribution in [3.8, 4) is 5.75 Å². The number of hydrogen-bond acceptors (Lipinski definition) is 3. The average molecular weight is 373 g/mol. The summed E-state index contributed by atoms with van der Waals surface area (Å²) >= 11 is 0. The van der Waals surface area contributed by atoms with Crippen LogP contribution in [-0.2, 0) is 18.3 Å². The molecule has 0 atom stereocenters. The first-order valence-electron chi connectivity index (χ1n) is 8.99. The zero-order chi connectivity index (χ0) is 19.4. The summed E-state index contributed by atoms with van der Waals surface area (Å²) in [6.07, 6.45) is 4.88. The van der Waals surface area contributed by atoms with Gasteiger partial charge in [-0.1, -0.05) is 0 Å². The van der Waals surface area contributed by atoms with E-state index in [0.29, 0.717) is 44.8 Å². The highest BCUT2D eigenvalue weighted by Gasteiger charge is 2.25. The molecule has 1 saturated heterocycles. The first kappa shape index (κ1) is 18.9. The van der Waals surface area contributed by atoms with E-state index < -0.39 is 5.82 Å². The fraction of sp³-hybridized carbons (Fsp3) is 0.400. The highest BCUT2D eigenvalue weighted by molar-refractivity contribution is 5.97. The molecule has 2 aromatic rings. The maximum Gasteiger partial charge on any atom is 0.257 e. The summed E-state index contributed by atoms with van der Waals surface area (Å²) in [5.41, 5.74) is 1.19. The van der Waals surface area contributed by atoms with Crippen LogP contribution in [0.15, 0.2) is 36.7 Å². The lowest BCUT2D eigenvalue weighted by atomic mass is 10.1. The zero-order valence-electron chi connectivity index (χ0n) is 15.7. The number of aromatic nitrogens is 1. The number of carbonyl (C=O) groups excluding carboxylic acids is 2. The highest BCUT2D eigenvalue weighted by atomic mass is 19.1. The van der Waals surface area contributed by atoms with E-state index in [-0.39, 0.29) is 17.4 Å². The van der Waals surface area contributed by atoms with Gasteiger partial charge in [0.1, 0.15) is 11.6 Å². The number of halogens is 1. The Kier molecular flexibility index (Phi) is 5.78. The Bertz CT molecular complexity index is 834. The number of methoxy groups -OCH3 is 1. The van der Waals surface area contributed by atoms with Crippen LogP contribution in [0.1, 0.15) is 22.3 Å². The van der Waals surface area contributed by atoms with Crippen molar-refractivity contribution < 1.29 is 18.7 Å². The standard InChI is InChI=1S/C20H24FN3O3/c1-22-9-6-15(14-22)12-19(25)23-7-3-8-24(11-10-23)20(26)17-13-16(21)4-5-18(17)27-2/h4-6,9,13-14H,3,7-8,10-12H2,1-2H3. The third-order valence-electron chi connectivity index (χ3n) is 4.78. The first-order valence-corrected chi connectivity index (χ1v) is 8.99. The van der Waals surface area contributed by atoms with E-state index in [9.17, 15) is 14.0 Å². The Balaban J connectivity index is 1.65. The molecular weight excluding hydrogens is 349 g/mol. The average Bonchev–Trinajstić information content (AvgIpc) is 2.92. The molecule has 0 aliphatic carbocycles. The fourth-order valence-corrected chi connectivity index (χ4v) is 3.34. The quantitative estimate of drug-likeness (QED) is 0.825. The van der Waals surface area contributed by atoms with E-state index >= 15 is 0 Å². The highest BCUT2D eigenvalue weighted by Crippen LogP contribution is 2.22. The predicted molar refractivity (Wildman–Crippen MR) is 99.2 cm³/mol. The number of ether oxygens (including phenoxy) is 1. The van der Waals surface area contributed by atoms with Crippen molar-refractivity contribution in [2.24, 2.45) is 7.05 Å². The van der Waals surface area contributed by atoms with Crippen LogP contribution in [0.4, 0.5) is 4.39 Å². The van der Waals surface area contributed by atoms with Gasteiger partial charge in [0.25, 0.3) is 5.91 Å². The largest absolute Gasteiger partial charge is 0.496 e. The predicted octanol–water partition coefficient (Wildman–Crippen LogP) is 2.09. The molecule has 0 spiro atoms. The number of hydrogen-bond donors (Lipinski definition) is 0. The van der Waals surface area contributed by atoms with Crippen LogP contribution in [0.5, 0.6) is 5.75 Å². The van der Waals surface area contributed by atoms with E-state index in [0.717, 1.165) is 5.56 Å². The lowest BCUT2D eigenvalue weighted by Gasteiger charge is -2.23. The second-order valence-corrected chi connectivity index (χ2v) is 6.73. The normalized spacial score (nSPS) is 14.8. The lowest BCUT2D eigenvalue weighted by molar-refractivity contribution is -0.130. The fourth-order valence-electron chi connectivity index (χ4n) is 3.34. The van der Waals surface area contributed by atoms with Gasteiger partial charge in [-0.3, -0.25) is 9.59 Å². The van der Waals surface area contributed by atoms with Crippen molar-refractivity contribution in [2.75, 3.05) is 33.3 Å². The number of carbonyl (C=O) groups is 2. The minimum Gasteiger partial charge on any atom is -0.496 e. The third-order valence-corrected chi connectivity index (χ3v) is 4.78. The second kappa shape index (κ2) is 8.24. The summed E-state index contributed by atoms with van der Waals surface area (Å²) < 4.78 is 20.7. The maximum absolute atomic E-state index is 13.6. The molecule has 1 fully saturated rings. The van der Waals surface area contributed by atoms with Crippen molar-refractivity contribution in [1.29, 1.82) is 0 Å². The monoisotopic (exact) mass is 373 g/mol. The van der Waals surface area contributed by atoms with Crippen LogP contribution in [0.25, 0.3) is 0 Å². The number of benzene rings is 1. The summed E-state index contributed by atoms with van der Waals surface area (Å²) in [7, 11) is 3.38. The molecule has 2 amide bonds. The minimum absolute atomic E-state index is 0.0545. The topological polar surface area (TPSA) is 54.8 Å². The van der Waals surface area contributed by atoms with Gasteiger partial charge in [-0.2, -0.15) is 0 Å². The van der Waals surface area contributed by atoms with Crippen molar-refractivity contribution in [1.82, 2.24) is 14.4 Å². The second-order valence-electron chi connectivity index (χ2n) is 6.73. The molecule has 1 aliphatic rings. The molecule has 6 nitrogen and oxygen atoms in total. The van der Waals surface area contributed by atoms with E-state index in [1.807, 2.05) is 30.1 Å². The van der Waals surface area contributed by atoms with Crippen LogP contribution >= 0.6 is 0 Å². The summed E-state index contributed by atoms with van der Waals surface area (Å²) in [5, 5.41) is 0. The molecule has 1 aliphatic heterocycles. The number of nitrogens with zero attached hydrogens (tertiary/aromatic N) is 3. The van der Waals surface area contributed by atoms with Gasteiger partial charge in [-0.15, -0.1) is 0 Å². The maximum atomic E-state index is 13.6. The third kappa shape index (κ3) is 4.48. The molecule has 7 heteroatoms.